The summed E-state index contributed by atoms with van der Waals surface area (Å²) in [4.78, 5) is 23.7. The van der Waals surface area contributed by atoms with Crippen LogP contribution < -0.4 is 4.90 Å². The number of carbonyl (C=O) groups is 1. The third-order valence-corrected chi connectivity index (χ3v) is 5.36. The van der Waals surface area contributed by atoms with Crippen LogP contribution in [0.2, 0.25) is 0 Å². The van der Waals surface area contributed by atoms with Crippen molar-refractivity contribution in [1.29, 1.82) is 0 Å². The summed E-state index contributed by atoms with van der Waals surface area (Å²) in [5, 5.41) is 10.00. The van der Waals surface area contributed by atoms with Crippen molar-refractivity contribution in [3.63, 3.8) is 0 Å². The average Bonchev–Trinajstić information content (AvgIpc) is 2.70. The fourth-order valence-corrected chi connectivity index (χ4v) is 3.44. The molecular weight excluding hydrogens is 320 g/mol. The molecule has 1 fully saturated rings. The van der Waals surface area contributed by atoms with Crippen LogP contribution in [0, 0.1) is 24.0 Å². The molecule has 1 aliphatic rings. The summed E-state index contributed by atoms with van der Waals surface area (Å²) < 4.78 is 22.7. The second-order valence-corrected chi connectivity index (χ2v) is 7.90. The minimum atomic E-state index is -3.85. The number of nitro groups is 1. The lowest BCUT2D eigenvalue weighted by atomic mass is 10.1. The summed E-state index contributed by atoms with van der Waals surface area (Å²) in [7, 11) is 1.44. The number of hydrogen-bond donors (Lipinski definition) is 0. The second-order valence-electron chi connectivity index (χ2n) is 4.99. The highest BCUT2D eigenvalue weighted by Crippen LogP contribution is 2.33. The van der Waals surface area contributed by atoms with Gasteiger partial charge in [-0.25, -0.2) is 8.42 Å². The zero-order chi connectivity index (χ0) is 15.9. The fourth-order valence-electron chi connectivity index (χ4n) is 2.41. The van der Waals surface area contributed by atoms with Gasteiger partial charge in [-0.1, -0.05) is 0 Å². The Kier molecular flexibility index (Phi) is 3.94. The van der Waals surface area contributed by atoms with E-state index in [0.29, 0.717) is 16.8 Å². The molecule has 0 saturated carbocycles. The Hall–Kier alpha value is -1.67. The van der Waals surface area contributed by atoms with Gasteiger partial charge >= 0.3 is 0 Å². The molecular formula is C12H13ClN2O5S. The van der Waals surface area contributed by atoms with Gasteiger partial charge in [0.1, 0.15) is 5.25 Å². The van der Waals surface area contributed by atoms with Crippen LogP contribution in [0.1, 0.15) is 17.5 Å². The molecule has 1 saturated heterocycles. The number of aryl methyl sites for hydroxylation is 2. The number of hydrogen-bond acceptors (Lipinski definition) is 5. The van der Waals surface area contributed by atoms with Crippen LogP contribution in [-0.4, -0.2) is 31.0 Å². The van der Waals surface area contributed by atoms with Gasteiger partial charge in [-0.05, 0) is 25.5 Å². The molecule has 1 atom stereocenters. The maximum atomic E-state index is 12.0. The Labute approximate surface area is 126 Å². The van der Waals surface area contributed by atoms with Crippen LogP contribution in [0.5, 0.6) is 0 Å². The fraction of sp³-hybridized carbons (Fsp3) is 0.417. The van der Waals surface area contributed by atoms with E-state index in [9.17, 15) is 23.3 Å². The number of nitro benzene ring substituents is 1. The Morgan fingerprint density at radius 3 is 2.43 bits per heavy atom. The van der Waals surface area contributed by atoms with Crippen molar-refractivity contribution in [1.82, 2.24) is 0 Å². The van der Waals surface area contributed by atoms with E-state index in [-0.39, 0.29) is 18.7 Å². The third kappa shape index (κ3) is 3.01. The molecule has 7 nitrogen and oxygen atoms in total. The lowest BCUT2D eigenvalue weighted by Gasteiger charge is -2.19. The third-order valence-electron chi connectivity index (χ3n) is 3.49. The van der Waals surface area contributed by atoms with Gasteiger partial charge in [-0.15, -0.1) is 0 Å². The van der Waals surface area contributed by atoms with E-state index in [2.05, 4.69) is 0 Å². The molecule has 1 aromatic carbocycles. The minimum Gasteiger partial charge on any atom is -0.310 e. The maximum absolute atomic E-state index is 12.0. The number of halogens is 1. The molecule has 9 heteroatoms. The van der Waals surface area contributed by atoms with Crippen molar-refractivity contribution in [2.75, 3.05) is 11.4 Å². The van der Waals surface area contributed by atoms with E-state index in [0.717, 1.165) is 0 Å². The first-order valence-corrected chi connectivity index (χ1v) is 8.48. The van der Waals surface area contributed by atoms with Crippen LogP contribution in [0.25, 0.3) is 0 Å². The molecule has 21 heavy (non-hydrogen) atoms. The molecule has 0 spiro atoms. The van der Waals surface area contributed by atoms with Gasteiger partial charge < -0.3 is 4.90 Å². The summed E-state index contributed by atoms with van der Waals surface area (Å²) >= 11 is 0. The second kappa shape index (κ2) is 5.27. The number of rotatable bonds is 3. The Morgan fingerprint density at radius 2 is 1.95 bits per heavy atom. The number of benzene rings is 1. The number of anilines is 1. The molecule has 114 valence electrons. The van der Waals surface area contributed by atoms with Gasteiger partial charge in [-0.2, -0.15) is 0 Å². The highest BCUT2D eigenvalue weighted by molar-refractivity contribution is 8.14. The molecule has 0 aromatic heterocycles. The predicted octanol–water partition coefficient (Wildman–Crippen LogP) is 1.89. The Bertz CT molecular complexity index is 731. The first-order valence-electron chi connectivity index (χ1n) is 6.10. The van der Waals surface area contributed by atoms with Gasteiger partial charge in [0.15, 0.2) is 0 Å². The Balaban J connectivity index is 2.45. The molecule has 0 N–H and O–H groups in total. The molecule has 1 heterocycles. The molecule has 0 radical (unpaired) electrons. The van der Waals surface area contributed by atoms with Crippen molar-refractivity contribution < 1.29 is 18.1 Å². The Morgan fingerprint density at radius 1 is 1.33 bits per heavy atom. The molecule has 2 rings (SSSR count). The highest BCUT2D eigenvalue weighted by Gasteiger charge is 2.39. The number of carbonyl (C=O) groups excluding carboxylic acids is 1. The van der Waals surface area contributed by atoms with Crippen molar-refractivity contribution in [3.05, 3.63) is 33.4 Å². The quantitative estimate of drug-likeness (QED) is 0.478. The summed E-state index contributed by atoms with van der Waals surface area (Å²) in [6, 6.07) is 2.90. The molecule has 0 aliphatic carbocycles. The van der Waals surface area contributed by atoms with E-state index < -0.39 is 25.1 Å². The van der Waals surface area contributed by atoms with Gasteiger partial charge in [0.2, 0.25) is 15.0 Å². The van der Waals surface area contributed by atoms with Crippen LogP contribution in [0.3, 0.4) is 0 Å². The molecule has 1 aromatic rings. The van der Waals surface area contributed by atoms with Crippen LogP contribution in [-0.2, 0) is 13.8 Å². The van der Waals surface area contributed by atoms with Crippen LogP contribution in [0.15, 0.2) is 12.1 Å². The number of nitrogens with zero attached hydrogens (tertiary/aromatic N) is 2. The SMILES string of the molecule is Cc1cc(C)c([N+](=O)[O-])cc1N1CC(S(=O)(=O)Cl)CC1=O. The normalized spacial score (nSPS) is 19.1. The van der Waals surface area contributed by atoms with E-state index in [1.165, 1.54) is 11.0 Å². The van der Waals surface area contributed by atoms with Gasteiger partial charge in [-0.3, -0.25) is 14.9 Å². The summed E-state index contributed by atoms with van der Waals surface area (Å²) in [5.74, 6) is -0.412. The molecule has 1 amide bonds. The summed E-state index contributed by atoms with van der Waals surface area (Å²) in [5.41, 5.74) is 1.38. The predicted molar refractivity (Wildman–Crippen MR) is 78.1 cm³/mol. The molecule has 1 aliphatic heterocycles. The van der Waals surface area contributed by atoms with Crippen LogP contribution >= 0.6 is 10.7 Å². The summed E-state index contributed by atoms with van der Waals surface area (Å²) in [6.07, 6.45) is -0.215. The molecule has 0 bridgehead atoms. The summed E-state index contributed by atoms with van der Waals surface area (Å²) in [6.45, 7) is 3.22. The van der Waals surface area contributed by atoms with Gasteiger partial charge in [0, 0.05) is 35.3 Å². The van der Waals surface area contributed by atoms with Crippen molar-refractivity contribution in [3.8, 4) is 0 Å². The van der Waals surface area contributed by atoms with E-state index >= 15 is 0 Å². The topological polar surface area (TPSA) is 97.6 Å². The number of amides is 1. The maximum Gasteiger partial charge on any atom is 0.274 e. The van der Waals surface area contributed by atoms with Gasteiger partial charge in [0.05, 0.1) is 10.6 Å². The highest BCUT2D eigenvalue weighted by atomic mass is 35.7. The first-order chi connectivity index (χ1) is 9.61. The lowest BCUT2D eigenvalue weighted by molar-refractivity contribution is -0.385. The van der Waals surface area contributed by atoms with Crippen molar-refractivity contribution in [2.24, 2.45) is 0 Å². The largest absolute Gasteiger partial charge is 0.310 e. The first kappa shape index (κ1) is 15.7. The van der Waals surface area contributed by atoms with Crippen LogP contribution in [0.4, 0.5) is 11.4 Å². The zero-order valence-electron chi connectivity index (χ0n) is 11.4. The van der Waals surface area contributed by atoms with Gasteiger partial charge in [0.25, 0.3) is 5.69 Å². The average molecular weight is 333 g/mol. The van der Waals surface area contributed by atoms with E-state index in [1.54, 1.807) is 19.9 Å². The van der Waals surface area contributed by atoms with E-state index in [1.807, 2.05) is 0 Å². The van der Waals surface area contributed by atoms with Crippen molar-refractivity contribution in [2.45, 2.75) is 25.5 Å². The smallest absolute Gasteiger partial charge is 0.274 e. The van der Waals surface area contributed by atoms with E-state index in [4.69, 9.17) is 10.7 Å². The molecule has 1 unspecified atom stereocenters. The minimum absolute atomic E-state index is 0.0915. The monoisotopic (exact) mass is 332 g/mol. The van der Waals surface area contributed by atoms with Crippen molar-refractivity contribution >= 4 is 37.0 Å². The lowest BCUT2D eigenvalue weighted by Crippen LogP contribution is -2.27. The standard InChI is InChI=1S/C12H13ClN2O5S/c1-7-3-8(2)11(15(17)18)5-10(7)14-6-9(4-12(14)16)21(13,19)20/h3,5,9H,4,6H2,1-2H3. The zero-order valence-corrected chi connectivity index (χ0v) is 12.9.